The predicted molar refractivity (Wildman–Crippen MR) is 79.3 cm³/mol. The molecule has 2 aromatic carbocycles. The van der Waals surface area contributed by atoms with Crippen LogP contribution < -0.4 is 0 Å². The summed E-state index contributed by atoms with van der Waals surface area (Å²) in [6.45, 7) is 2.03. The first-order valence-electron chi connectivity index (χ1n) is 5.96. The molecule has 3 rings (SSSR count). The van der Waals surface area contributed by atoms with Crippen LogP contribution in [-0.2, 0) is 0 Å². The summed E-state index contributed by atoms with van der Waals surface area (Å²) in [5, 5.41) is 12.8. The Labute approximate surface area is 126 Å². The molecule has 0 radical (unpaired) electrons. The first kappa shape index (κ1) is 13.1. The summed E-state index contributed by atoms with van der Waals surface area (Å²) >= 11 is 12.0. The fourth-order valence-electron chi connectivity index (χ4n) is 1.86. The lowest BCUT2D eigenvalue weighted by atomic mass is 10.1. The van der Waals surface area contributed by atoms with Crippen LogP contribution in [0.15, 0.2) is 42.5 Å². The highest BCUT2D eigenvalue weighted by molar-refractivity contribution is 6.42. The van der Waals surface area contributed by atoms with Crippen LogP contribution in [-0.4, -0.2) is 20.2 Å². The highest BCUT2D eigenvalue weighted by atomic mass is 35.5. The molecule has 1 aromatic heterocycles. The highest BCUT2D eigenvalue weighted by Gasteiger charge is 2.11. The van der Waals surface area contributed by atoms with Crippen molar-refractivity contribution in [1.82, 2.24) is 20.2 Å². The summed E-state index contributed by atoms with van der Waals surface area (Å²) in [5.74, 6) is 0.656. The van der Waals surface area contributed by atoms with E-state index in [1.807, 2.05) is 37.3 Å². The van der Waals surface area contributed by atoms with Gasteiger partial charge in [0.2, 0.25) is 0 Å². The zero-order chi connectivity index (χ0) is 14.1. The molecular formula is C14H10Cl2N4. The van der Waals surface area contributed by atoms with Gasteiger partial charge in [0.15, 0.2) is 5.82 Å². The molecule has 4 nitrogen and oxygen atoms in total. The maximum atomic E-state index is 6.04. The van der Waals surface area contributed by atoms with E-state index < -0.39 is 0 Å². The monoisotopic (exact) mass is 304 g/mol. The molecule has 0 bridgehead atoms. The van der Waals surface area contributed by atoms with Crippen LogP contribution in [0.2, 0.25) is 10.0 Å². The van der Waals surface area contributed by atoms with Crippen LogP contribution in [0.3, 0.4) is 0 Å². The van der Waals surface area contributed by atoms with E-state index in [0.717, 1.165) is 11.3 Å². The van der Waals surface area contributed by atoms with Gasteiger partial charge >= 0.3 is 0 Å². The minimum atomic E-state index is 0.467. The predicted octanol–water partition coefficient (Wildman–Crippen LogP) is 3.94. The minimum absolute atomic E-state index is 0.467. The first-order chi connectivity index (χ1) is 9.65. The van der Waals surface area contributed by atoms with Crippen molar-refractivity contribution >= 4 is 23.2 Å². The fraction of sp³-hybridized carbons (Fsp3) is 0.0714. The molecule has 100 valence electrons. The molecule has 1 heterocycles. The summed E-state index contributed by atoms with van der Waals surface area (Å²) in [6, 6.07) is 13.3. The van der Waals surface area contributed by atoms with E-state index in [2.05, 4.69) is 15.5 Å². The Morgan fingerprint density at radius 3 is 2.40 bits per heavy atom. The molecule has 0 amide bonds. The van der Waals surface area contributed by atoms with Gasteiger partial charge in [0, 0.05) is 5.56 Å². The van der Waals surface area contributed by atoms with E-state index in [1.54, 1.807) is 16.8 Å². The molecule has 3 aromatic rings. The average Bonchev–Trinajstić information content (AvgIpc) is 2.92. The standard InChI is InChI=1S/C14H10Cl2N4/c1-9-2-4-10(5-3-9)14-17-18-19-20(14)11-6-7-12(15)13(16)8-11/h2-8H,1H3. The maximum absolute atomic E-state index is 6.04. The Balaban J connectivity index is 2.10. The van der Waals surface area contributed by atoms with Crippen molar-refractivity contribution < 1.29 is 0 Å². The molecule has 6 heteroatoms. The molecule has 0 aliphatic heterocycles. The lowest BCUT2D eigenvalue weighted by Gasteiger charge is -2.06. The largest absolute Gasteiger partial charge is 0.193 e. The smallest absolute Gasteiger partial charge is 0.187 e. The van der Waals surface area contributed by atoms with Gasteiger partial charge in [0.25, 0.3) is 0 Å². The number of rotatable bonds is 2. The lowest BCUT2D eigenvalue weighted by Crippen LogP contribution is -1.99. The van der Waals surface area contributed by atoms with Crippen molar-refractivity contribution in [2.75, 3.05) is 0 Å². The van der Waals surface area contributed by atoms with Crippen molar-refractivity contribution in [1.29, 1.82) is 0 Å². The third kappa shape index (κ3) is 2.40. The molecule has 0 fully saturated rings. The summed E-state index contributed by atoms with van der Waals surface area (Å²) in [4.78, 5) is 0. The van der Waals surface area contributed by atoms with Gasteiger partial charge in [-0.3, -0.25) is 0 Å². The summed E-state index contributed by atoms with van der Waals surface area (Å²) < 4.78 is 1.63. The third-order valence-corrected chi connectivity index (χ3v) is 3.67. The van der Waals surface area contributed by atoms with E-state index in [4.69, 9.17) is 23.2 Å². The summed E-state index contributed by atoms with van der Waals surface area (Å²) in [5.41, 5.74) is 2.88. The Morgan fingerprint density at radius 1 is 0.950 bits per heavy atom. The van der Waals surface area contributed by atoms with Gasteiger partial charge in [-0.1, -0.05) is 53.0 Å². The van der Waals surface area contributed by atoms with Crippen LogP contribution in [0.5, 0.6) is 0 Å². The van der Waals surface area contributed by atoms with Crippen LogP contribution >= 0.6 is 23.2 Å². The number of halogens is 2. The van der Waals surface area contributed by atoms with Crippen LogP contribution in [0.1, 0.15) is 5.56 Å². The molecule has 0 aliphatic rings. The number of nitrogens with zero attached hydrogens (tertiary/aromatic N) is 4. The second-order valence-electron chi connectivity index (χ2n) is 4.38. The Kier molecular flexibility index (Phi) is 3.42. The highest BCUT2D eigenvalue weighted by Crippen LogP contribution is 2.26. The van der Waals surface area contributed by atoms with E-state index in [9.17, 15) is 0 Å². The first-order valence-corrected chi connectivity index (χ1v) is 6.71. The summed E-state index contributed by atoms with van der Waals surface area (Å²) in [6.07, 6.45) is 0. The number of tetrazole rings is 1. The molecule has 0 spiro atoms. The molecule has 0 saturated heterocycles. The van der Waals surface area contributed by atoms with Gasteiger partial charge in [-0.25, -0.2) is 0 Å². The van der Waals surface area contributed by atoms with Crippen LogP contribution in [0.25, 0.3) is 17.1 Å². The number of aromatic nitrogens is 4. The van der Waals surface area contributed by atoms with E-state index in [1.165, 1.54) is 5.56 Å². The van der Waals surface area contributed by atoms with Crippen molar-refractivity contribution in [3.63, 3.8) is 0 Å². The number of hydrogen-bond acceptors (Lipinski definition) is 3. The molecule has 0 unspecified atom stereocenters. The molecule has 0 aliphatic carbocycles. The maximum Gasteiger partial charge on any atom is 0.187 e. The molecule has 0 N–H and O–H groups in total. The zero-order valence-electron chi connectivity index (χ0n) is 10.6. The molecule has 0 saturated carbocycles. The van der Waals surface area contributed by atoms with Crippen molar-refractivity contribution in [2.45, 2.75) is 6.92 Å². The second kappa shape index (κ2) is 5.23. The van der Waals surface area contributed by atoms with Crippen molar-refractivity contribution in [3.05, 3.63) is 58.1 Å². The van der Waals surface area contributed by atoms with Gasteiger partial charge in [-0.15, -0.1) is 5.10 Å². The van der Waals surface area contributed by atoms with Crippen LogP contribution in [0, 0.1) is 6.92 Å². The van der Waals surface area contributed by atoms with E-state index in [-0.39, 0.29) is 0 Å². The zero-order valence-corrected chi connectivity index (χ0v) is 12.1. The SMILES string of the molecule is Cc1ccc(-c2nnnn2-c2ccc(Cl)c(Cl)c2)cc1. The normalized spacial score (nSPS) is 10.8. The van der Waals surface area contributed by atoms with Gasteiger partial charge in [0.05, 0.1) is 15.7 Å². The van der Waals surface area contributed by atoms with Gasteiger partial charge in [-0.05, 0) is 35.5 Å². The quantitative estimate of drug-likeness (QED) is 0.720. The minimum Gasteiger partial charge on any atom is -0.193 e. The number of hydrogen-bond donors (Lipinski definition) is 0. The second-order valence-corrected chi connectivity index (χ2v) is 5.19. The lowest BCUT2D eigenvalue weighted by molar-refractivity contribution is 0.791. The van der Waals surface area contributed by atoms with Crippen molar-refractivity contribution in [3.8, 4) is 17.1 Å². The van der Waals surface area contributed by atoms with Gasteiger partial charge in [-0.2, -0.15) is 4.68 Å². The topological polar surface area (TPSA) is 43.6 Å². The molecule has 0 atom stereocenters. The summed E-state index contributed by atoms with van der Waals surface area (Å²) in [7, 11) is 0. The van der Waals surface area contributed by atoms with Gasteiger partial charge in [0.1, 0.15) is 0 Å². The Hall–Kier alpha value is -1.91. The van der Waals surface area contributed by atoms with E-state index in [0.29, 0.717) is 15.9 Å². The van der Waals surface area contributed by atoms with E-state index >= 15 is 0 Å². The molecular weight excluding hydrogens is 295 g/mol. The Bertz CT molecular complexity index is 750. The number of aryl methyl sites for hydroxylation is 1. The Morgan fingerprint density at radius 2 is 1.70 bits per heavy atom. The fourth-order valence-corrected chi connectivity index (χ4v) is 2.15. The van der Waals surface area contributed by atoms with Gasteiger partial charge < -0.3 is 0 Å². The molecule has 20 heavy (non-hydrogen) atoms. The third-order valence-electron chi connectivity index (χ3n) is 2.93. The van der Waals surface area contributed by atoms with Crippen LogP contribution in [0.4, 0.5) is 0 Å². The number of benzene rings is 2. The van der Waals surface area contributed by atoms with Crippen molar-refractivity contribution in [2.24, 2.45) is 0 Å². The average molecular weight is 305 g/mol.